The molecule has 4 rings (SSSR count). The molecule has 4 nitrogen and oxygen atoms in total. The number of carboxylic acid groups (broad SMARTS) is 1. The van der Waals surface area contributed by atoms with Gasteiger partial charge >= 0.3 is 5.97 Å². The summed E-state index contributed by atoms with van der Waals surface area (Å²) in [5.74, 6) is -0.894. The topological polar surface area (TPSA) is 65.1 Å². The number of carboxylic acids is 1. The van der Waals surface area contributed by atoms with Gasteiger partial charge in [-0.2, -0.15) is 0 Å². The summed E-state index contributed by atoms with van der Waals surface area (Å²) in [6, 6.07) is 15.5. The van der Waals surface area contributed by atoms with E-state index in [4.69, 9.17) is 5.11 Å². The monoisotopic (exact) mass is 292 g/mol. The van der Waals surface area contributed by atoms with Crippen molar-refractivity contribution in [3.05, 3.63) is 70.9 Å². The molecule has 0 fully saturated rings. The van der Waals surface area contributed by atoms with Gasteiger partial charge in [0.05, 0.1) is 11.6 Å². The molecule has 3 N–H and O–H groups in total. The molecule has 0 bridgehead atoms. The lowest BCUT2D eigenvalue weighted by Crippen LogP contribution is -2.30. The van der Waals surface area contributed by atoms with Crippen LogP contribution in [0.4, 0.5) is 0 Å². The summed E-state index contributed by atoms with van der Waals surface area (Å²) in [6.07, 6.45) is 1.00. The van der Waals surface area contributed by atoms with Crippen LogP contribution in [-0.4, -0.2) is 22.6 Å². The average molecular weight is 292 g/mol. The van der Waals surface area contributed by atoms with E-state index in [1.165, 1.54) is 16.6 Å². The van der Waals surface area contributed by atoms with Crippen LogP contribution in [0.3, 0.4) is 0 Å². The molecule has 3 aromatic rings. The highest BCUT2D eigenvalue weighted by Gasteiger charge is 2.25. The van der Waals surface area contributed by atoms with Crippen LogP contribution in [0.2, 0.25) is 0 Å². The smallest absolute Gasteiger partial charge is 0.335 e. The summed E-state index contributed by atoms with van der Waals surface area (Å²) in [6.45, 7) is 0.917. The second-order valence-electron chi connectivity index (χ2n) is 5.63. The second-order valence-corrected chi connectivity index (χ2v) is 5.63. The molecule has 1 unspecified atom stereocenters. The SMILES string of the molecule is O=C(O)c1ccc(C2NCCc3c2[nH]c2ccccc32)cc1. The molecule has 2 aromatic carbocycles. The van der Waals surface area contributed by atoms with E-state index in [9.17, 15) is 4.79 Å². The van der Waals surface area contributed by atoms with E-state index in [0.717, 1.165) is 24.0 Å². The maximum atomic E-state index is 11.0. The number of aromatic carboxylic acids is 1. The Morgan fingerprint density at radius 3 is 2.64 bits per heavy atom. The van der Waals surface area contributed by atoms with E-state index >= 15 is 0 Å². The Bertz CT molecular complexity index is 849. The fourth-order valence-corrected chi connectivity index (χ4v) is 3.28. The van der Waals surface area contributed by atoms with E-state index in [0.29, 0.717) is 5.56 Å². The standard InChI is InChI=1S/C18H16N2O2/c21-18(22)12-7-5-11(6-8-12)16-17-14(9-10-19-16)13-3-1-2-4-15(13)20-17/h1-8,16,19-20H,9-10H2,(H,21,22). The molecule has 0 aliphatic carbocycles. The van der Waals surface area contributed by atoms with Crippen molar-refractivity contribution in [3.63, 3.8) is 0 Å². The van der Waals surface area contributed by atoms with Crippen LogP contribution < -0.4 is 5.32 Å². The number of benzene rings is 2. The van der Waals surface area contributed by atoms with Gasteiger partial charge in [-0.3, -0.25) is 0 Å². The number of para-hydroxylation sites is 1. The first-order valence-corrected chi connectivity index (χ1v) is 7.40. The number of aromatic amines is 1. The van der Waals surface area contributed by atoms with Crippen LogP contribution in [0.15, 0.2) is 48.5 Å². The summed E-state index contributed by atoms with van der Waals surface area (Å²) < 4.78 is 0. The zero-order chi connectivity index (χ0) is 15.1. The summed E-state index contributed by atoms with van der Waals surface area (Å²) in [5, 5.41) is 13.8. The van der Waals surface area contributed by atoms with Gasteiger partial charge in [0.1, 0.15) is 0 Å². The van der Waals surface area contributed by atoms with Gasteiger partial charge < -0.3 is 15.4 Å². The van der Waals surface area contributed by atoms with Crippen LogP contribution in [0.1, 0.15) is 33.2 Å². The van der Waals surface area contributed by atoms with Gasteiger partial charge in [0.15, 0.2) is 0 Å². The number of fused-ring (bicyclic) bond motifs is 3. The van der Waals surface area contributed by atoms with Gasteiger partial charge in [0, 0.05) is 23.1 Å². The zero-order valence-corrected chi connectivity index (χ0v) is 12.0. The number of rotatable bonds is 2. The molecule has 0 spiro atoms. The molecule has 110 valence electrons. The largest absolute Gasteiger partial charge is 0.478 e. The lowest BCUT2D eigenvalue weighted by atomic mass is 9.94. The second kappa shape index (κ2) is 5.00. The minimum atomic E-state index is -0.894. The predicted octanol–water partition coefficient (Wildman–Crippen LogP) is 3.10. The fraction of sp³-hybridized carbons (Fsp3) is 0.167. The zero-order valence-electron chi connectivity index (χ0n) is 12.0. The molecule has 0 saturated carbocycles. The third-order valence-electron chi connectivity index (χ3n) is 4.35. The minimum absolute atomic E-state index is 0.0824. The number of hydrogen-bond donors (Lipinski definition) is 3. The maximum absolute atomic E-state index is 11.0. The third kappa shape index (κ3) is 2.00. The van der Waals surface area contributed by atoms with Crippen molar-refractivity contribution in [2.75, 3.05) is 6.54 Å². The van der Waals surface area contributed by atoms with Crippen molar-refractivity contribution in [3.8, 4) is 0 Å². The Kier molecular flexibility index (Phi) is 2.98. The Labute approximate surface area is 127 Å². The molecule has 0 saturated heterocycles. The van der Waals surface area contributed by atoms with E-state index in [2.05, 4.69) is 28.5 Å². The van der Waals surface area contributed by atoms with Crippen molar-refractivity contribution in [2.45, 2.75) is 12.5 Å². The molecular weight excluding hydrogens is 276 g/mol. The van der Waals surface area contributed by atoms with Gasteiger partial charge in [-0.15, -0.1) is 0 Å². The lowest BCUT2D eigenvalue weighted by Gasteiger charge is -2.25. The van der Waals surface area contributed by atoms with Gasteiger partial charge in [0.25, 0.3) is 0 Å². The highest BCUT2D eigenvalue weighted by molar-refractivity contribution is 5.88. The first kappa shape index (κ1) is 13.1. The van der Waals surface area contributed by atoms with Gasteiger partial charge in [-0.25, -0.2) is 4.79 Å². The first-order valence-electron chi connectivity index (χ1n) is 7.40. The van der Waals surface area contributed by atoms with Crippen LogP contribution in [0.5, 0.6) is 0 Å². The average Bonchev–Trinajstić information content (AvgIpc) is 2.93. The van der Waals surface area contributed by atoms with Crippen LogP contribution in [0.25, 0.3) is 10.9 Å². The van der Waals surface area contributed by atoms with E-state index in [1.807, 2.05) is 18.2 Å². The molecule has 1 aromatic heterocycles. The van der Waals surface area contributed by atoms with Crippen LogP contribution >= 0.6 is 0 Å². The Balaban J connectivity index is 1.80. The molecule has 1 aliphatic rings. The quantitative estimate of drug-likeness (QED) is 0.680. The summed E-state index contributed by atoms with van der Waals surface area (Å²) >= 11 is 0. The molecule has 22 heavy (non-hydrogen) atoms. The van der Waals surface area contributed by atoms with Crippen molar-refractivity contribution >= 4 is 16.9 Å². The van der Waals surface area contributed by atoms with Gasteiger partial charge in [-0.1, -0.05) is 30.3 Å². The third-order valence-corrected chi connectivity index (χ3v) is 4.35. The lowest BCUT2D eigenvalue weighted by molar-refractivity contribution is 0.0697. The van der Waals surface area contributed by atoms with Crippen molar-refractivity contribution in [1.82, 2.24) is 10.3 Å². The Morgan fingerprint density at radius 2 is 1.86 bits per heavy atom. The molecule has 1 aliphatic heterocycles. The number of hydrogen-bond acceptors (Lipinski definition) is 2. The van der Waals surface area contributed by atoms with E-state index in [1.54, 1.807) is 12.1 Å². The number of aromatic nitrogens is 1. The number of nitrogens with one attached hydrogen (secondary N) is 2. The predicted molar refractivity (Wildman–Crippen MR) is 85.2 cm³/mol. The normalized spacial score (nSPS) is 17.4. The van der Waals surface area contributed by atoms with E-state index < -0.39 is 5.97 Å². The van der Waals surface area contributed by atoms with Gasteiger partial charge in [-0.05, 0) is 35.7 Å². The number of carbonyl (C=O) groups is 1. The van der Waals surface area contributed by atoms with Crippen molar-refractivity contribution in [1.29, 1.82) is 0 Å². The van der Waals surface area contributed by atoms with Crippen molar-refractivity contribution < 1.29 is 9.90 Å². The fourth-order valence-electron chi connectivity index (χ4n) is 3.28. The summed E-state index contributed by atoms with van der Waals surface area (Å²) in [4.78, 5) is 14.5. The molecule has 1 atom stereocenters. The highest BCUT2D eigenvalue weighted by atomic mass is 16.4. The minimum Gasteiger partial charge on any atom is -0.478 e. The summed E-state index contributed by atoms with van der Waals surface area (Å²) in [5.41, 5.74) is 5.11. The highest BCUT2D eigenvalue weighted by Crippen LogP contribution is 2.33. The van der Waals surface area contributed by atoms with E-state index in [-0.39, 0.29) is 6.04 Å². The van der Waals surface area contributed by atoms with Gasteiger partial charge in [0.2, 0.25) is 0 Å². The molecule has 0 amide bonds. The number of H-pyrrole nitrogens is 1. The Hall–Kier alpha value is -2.59. The van der Waals surface area contributed by atoms with Crippen LogP contribution in [-0.2, 0) is 6.42 Å². The maximum Gasteiger partial charge on any atom is 0.335 e. The molecule has 2 heterocycles. The molecular formula is C18H16N2O2. The van der Waals surface area contributed by atoms with Crippen LogP contribution in [0, 0.1) is 0 Å². The Morgan fingerprint density at radius 1 is 1.09 bits per heavy atom. The summed E-state index contributed by atoms with van der Waals surface area (Å²) in [7, 11) is 0. The molecule has 0 radical (unpaired) electrons. The first-order chi connectivity index (χ1) is 10.7. The molecule has 4 heteroatoms. The van der Waals surface area contributed by atoms with Crippen molar-refractivity contribution in [2.24, 2.45) is 0 Å².